The Morgan fingerprint density at radius 3 is 2.46 bits per heavy atom. The summed E-state index contributed by atoms with van der Waals surface area (Å²) in [5.41, 5.74) is -0.139. The largest absolute Gasteiger partial charge is 0.444 e. The van der Waals surface area contributed by atoms with Crippen LogP contribution in [0.4, 0.5) is 4.79 Å². The van der Waals surface area contributed by atoms with Gasteiger partial charge in [0.25, 0.3) is 5.91 Å². The van der Waals surface area contributed by atoms with Crippen molar-refractivity contribution in [3.8, 4) is 0 Å². The van der Waals surface area contributed by atoms with Crippen LogP contribution < -0.4 is 16.0 Å². The van der Waals surface area contributed by atoms with Crippen molar-refractivity contribution in [1.82, 2.24) is 20.9 Å². The fourth-order valence-electron chi connectivity index (χ4n) is 6.98. The third-order valence-electron chi connectivity index (χ3n) is 9.42. The molecule has 2 heterocycles. The number of carbonyl (C=O) groups excluding carboxylic acids is 5. The van der Waals surface area contributed by atoms with Gasteiger partial charge in [-0.05, 0) is 42.4 Å². The Balaban J connectivity index is 1.52. The lowest BCUT2D eigenvalue weighted by molar-refractivity contribution is -0.145. The van der Waals surface area contributed by atoms with Crippen molar-refractivity contribution in [3.63, 3.8) is 0 Å². The van der Waals surface area contributed by atoms with Crippen LogP contribution in [0.5, 0.6) is 0 Å². The maximum Gasteiger partial charge on any atom is 0.408 e. The van der Waals surface area contributed by atoms with Crippen molar-refractivity contribution in [2.45, 2.75) is 96.4 Å². The molecule has 6 atom stereocenters. The Morgan fingerprint density at radius 1 is 1.10 bits per heavy atom. The molecule has 2 saturated carbocycles. The molecule has 0 aromatic rings. The molecule has 0 aromatic carbocycles. The summed E-state index contributed by atoms with van der Waals surface area (Å²) in [5, 5.41) is 8.15. The average Bonchev–Trinajstić information content (AvgIpc) is 3.38. The lowest BCUT2D eigenvalue weighted by Crippen LogP contribution is -2.59. The second-order valence-corrected chi connectivity index (χ2v) is 12.5. The fourth-order valence-corrected chi connectivity index (χ4v) is 6.98. The molecule has 11 nitrogen and oxygen atoms in total. The van der Waals surface area contributed by atoms with E-state index < -0.39 is 41.8 Å². The Hall–Kier alpha value is -2.95. The smallest absolute Gasteiger partial charge is 0.408 e. The second-order valence-electron chi connectivity index (χ2n) is 12.5. The van der Waals surface area contributed by atoms with Crippen LogP contribution in [0, 0.1) is 23.2 Å². The predicted molar refractivity (Wildman–Crippen MR) is 151 cm³/mol. The third kappa shape index (κ3) is 6.93. The summed E-state index contributed by atoms with van der Waals surface area (Å²) in [7, 11) is 0. The van der Waals surface area contributed by atoms with Gasteiger partial charge in [-0.25, -0.2) is 4.79 Å². The van der Waals surface area contributed by atoms with E-state index in [-0.39, 0.29) is 41.7 Å². The van der Waals surface area contributed by atoms with Gasteiger partial charge in [0.1, 0.15) is 18.2 Å². The van der Waals surface area contributed by atoms with Crippen LogP contribution in [0.2, 0.25) is 0 Å². The monoisotopic (exact) mass is 574 g/mol. The zero-order chi connectivity index (χ0) is 29.7. The van der Waals surface area contributed by atoms with E-state index in [1.807, 2.05) is 6.92 Å². The van der Waals surface area contributed by atoms with E-state index in [1.54, 1.807) is 4.90 Å². The molecule has 4 aliphatic rings. The van der Waals surface area contributed by atoms with E-state index in [4.69, 9.17) is 9.47 Å². The molecular formula is C30H46N4O7. The molecule has 11 heteroatoms. The van der Waals surface area contributed by atoms with Gasteiger partial charge in [-0.3, -0.25) is 19.2 Å². The molecule has 228 valence electrons. The number of carbonyl (C=O) groups is 5. The first-order chi connectivity index (χ1) is 19.6. The van der Waals surface area contributed by atoms with Crippen LogP contribution in [-0.2, 0) is 28.7 Å². The van der Waals surface area contributed by atoms with Gasteiger partial charge in [-0.2, -0.15) is 0 Å². The van der Waals surface area contributed by atoms with Crippen molar-refractivity contribution in [2.24, 2.45) is 23.2 Å². The van der Waals surface area contributed by atoms with E-state index >= 15 is 0 Å². The first kappa shape index (κ1) is 31.0. The number of nitrogens with zero attached hydrogens (tertiary/aromatic N) is 1. The summed E-state index contributed by atoms with van der Waals surface area (Å²) in [4.78, 5) is 67.8. The number of nitrogens with one attached hydrogen (secondary N) is 3. The number of likely N-dealkylation sites (tertiary alicyclic amines) is 1. The lowest BCUT2D eigenvalue weighted by atomic mass is 9.83. The minimum atomic E-state index is -0.994. The van der Waals surface area contributed by atoms with Crippen LogP contribution in [0.1, 0.15) is 72.1 Å². The number of ether oxygens (including phenoxy) is 2. The molecule has 4 rings (SSSR count). The summed E-state index contributed by atoms with van der Waals surface area (Å²) >= 11 is 0. The van der Waals surface area contributed by atoms with Gasteiger partial charge in [0.05, 0.1) is 19.3 Å². The minimum absolute atomic E-state index is 0.0553. The van der Waals surface area contributed by atoms with Gasteiger partial charge in [0, 0.05) is 19.5 Å². The number of alkyl carbamates (subject to hydrolysis) is 1. The number of hydrogen-bond donors (Lipinski definition) is 3. The maximum absolute atomic E-state index is 14.2. The SMILES string of the molecule is C=CCNC(=O)C(=O)C(CCC)NC(=O)[C@@H]1[C@@H]2[C@H](CN1C(=O)C(NC(=O)O[C@@H]1CCOC1)C1CCCCC1)C2(C)C. The van der Waals surface area contributed by atoms with Crippen LogP contribution in [0.15, 0.2) is 12.7 Å². The Bertz CT molecular complexity index is 1020. The molecule has 2 aliphatic carbocycles. The van der Waals surface area contributed by atoms with Crippen molar-refractivity contribution in [1.29, 1.82) is 0 Å². The third-order valence-corrected chi connectivity index (χ3v) is 9.42. The summed E-state index contributed by atoms with van der Waals surface area (Å²) in [6, 6.07) is -2.59. The highest BCUT2D eigenvalue weighted by molar-refractivity contribution is 6.38. The first-order valence-corrected chi connectivity index (χ1v) is 15.2. The van der Waals surface area contributed by atoms with Gasteiger partial charge in [0.2, 0.25) is 17.6 Å². The summed E-state index contributed by atoms with van der Waals surface area (Å²) in [6.07, 6.45) is 6.62. The summed E-state index contributed by atoms with van der Waals surface area (Å²) < 4.78 is 10.8. The molecule has 2 aliphatic heterocycles. The zero-order valence-electron chi connectivity index (χ0n) is 24.6. The Kier molecular flexibility index (Phi) is 10.1. The number of rotatable bonds is 12. The Labute approximate surface area is 242 Å². The topological polar surface area (TPSA) is 143 Å². The molecule has 0 bridgehead atoms. The van der Waals surface area contributed by atoms with Crippen LogP contribution in [0.3, 0.4) is 0 Å². The highest BCUT2D eigenvalue weighted by Crippen LogP contribution is 2.65. The molecule has 2 unspecified atom stereocenters. The van der Waals surface area contributed by atoms with E-state index in [9.17, 15) is 24.0 Å². The number of amides is 4. The highest BCUT2D eigenvalue weighted by Gasteiger charge is 2.69. The Morgan fingerprint density at radius 2 is 1.83 bits per heavy atom. The van der Waals surface area contributed by atoms with Crippen LogP contribution in [0.25, 0.3) is 0 Å². The number of piperidine rings is 1. The van der Waals surface area contributed by atoms with Gasteiger partial charge in [-0.15, -0.1) is 6.58 Å². The van der Waals surface area contributed by atoms with Crippen molar-refractivity contribution in [3.05, 3.63) is 12.7 Å². The fraction of sp³-hybridized carbons (Fsp3) is 0.767. The van der Waals surface area contributed by atoms with E-state index in [1.165, 1.54) is 6.08 Å². The van der Waals surface area contributed by atoms with Crippen LogP contribution in [-0.4, -0.2) is 85.0 Å². The standard InChI is InChI=1S/C30H46N4O7/c1-5-10-21(25(35)27(37)31-14-6-2)32-26(36)24-22-20(30(22,3)4)16-34(24)28(38)23(18-11-8-7-9-12-18)33-29(39)41-19-13-15-40-17-19/h6,18-24H,2,5,7-17H2,1,3-4H3,(H,31,37)(H,32,36)(H,33,39)/t19-,20+,21?,22+,23?,24+/m1/s1. The molecule has 2 saturated heterocycles. The minimum Gasteiger partial charge on any atom is -0.444 e. The van der Waals surface area contributed by atoms with Crippen LogP contribution >= 0.6 is 0 Å². The molecule has 0 aromatic heterocycles. The highest BCUT2D eigenvalue weighted by atomic mass is 16.6. The predicted octanol–water partition coefficient (Wildman–Crippen LogP) is 2.09. The summed E-state index contributed by atoms with van der Waals surface area (Å²) in [5.74, 6) is -2.22. The molecular weight excluding hydrogens is 528 g/mol. The molecule has 3 N–H and O–H groups in total. The molecule has 0 spiro atoms. The maximum atomic E-state index is 14.2. The van der Waals surface area contributed by atoms with Crippen molar-refractivity contribution >= 4 is 29.6 Å². The molecule has 41 heavy (non-hydrogen) atoms. The molecule has 4 amide bonds. The normalized spacial score (nSPS) is 28.1. The lowest BCUT2D eigenvalue weighted by Gasteiger charge is -2.37. The van der Waals surface area contributed by atoms with Gasteiger partial charge in [-0.1, -0.05) is 52.5 Å². The summed E-state index contributed by atoms with van der Waals surface area (Å²) in [6.45, 7) is 11.0. The molecule has 4 fully saturated rings. The number of Topliss-reactive ketones (excluding diaryl/α,β-unsaturated/α-hetero) is 1. The van der Waals surface area contributed by atoms with E-state index in [2.05, 4.69) is 36.4 Å². The zero-order valence-corrected chi connectivity index (χ0v) is 24.6. The quantitative estimate of drug-likeness (QED) is 0.239. The van der Waals surface area contributed by atoms with E-state index in [0.29, 0.717) is 39.0 Å². The average molecular weight is 575 g/mol. The van der Waals surface area contributed by atoms with Gasteiger partial charge >= 0.3 is 6.09 Å². The molecule has 0 radical (unpaired) electrons. The van der Waals surface area contributed by atoms with Gasteiger partial charge in [0.15, 0.2) is 0 Å². The second kappa shape index (κ2) is 13.4. The number of hydrogen-bond acceptors (Lipinski definition) is 7. The van der Waals surface area contributed by atoms with Crippen molar-refractivity contribution in [2.75, 3.05) is 26.3 Å². The number of fused-ring (bicyclic) bond motifs is 1. The van der Waals surface area contributed by atoms with E-state index in [0.717, 1.165) is 32.1 Å². The first-order valence-electron chi connectivity index (χ1n) is 15.2. The number of ketones is 1. The van der Waals surface area contributed by atoms with Crippen molar-refractivity contribution < 1.29 is 33.4 Å². The van der Waals surface area contributed by atoms with Gasteiger partial charge < -0.3 is 30.3 Å².